The molecule has 2 amide bonds. The maximum atomic E-state index is 11.5. The van der Waals surface area contributed by atoms with Gasteiger partial charge in [-0.1, -0.05) is 0 Å². The zero-order valence-electron chi connectivity index (χ0n) is 10.4. The van der Waals surface area contributed by atoms with E-state index in [1.54, 1.807) is 9.36 Å². The van der Waals surface area contributed by atoms with Crippen molar-refractivity contribution in [1.82, 2.24) is 30.2 Å². The summed E-state index contributed by atoms with van der Waals surface area (Å²) < 4.78 is 3.32. The fraction of sp³-hybridized carbons (Fsp3) is 0.364. The fourth-order valence-corrected chi connectivity index (χ4v) is 1.47. The van der Waals surface area contributed by atoms with Gasteiger partial charge >= 0.3 is 6.03 Å². The number of amides is 2. The molecule has 0 atom stereocenters. The van der Waals surface area contributed by atoms with Crippen LogP contribution < -0.4 is 10.6 Å². The zero-order valence-corrected chi connectivity index (χ0v) is 10.4. The van der Waals surface area contributed by atoms with Crippen LogP contribution in [0.1, 0.15) is 11.4 Å². The van der Waals surface area contributed by atoms with Crippen LogP contribution in [0.25, 0.3) is 0 Å². The molecule has 0 saturated carbocycles. The SMILES string of the molecule is Cc1ccn(CNC(=O)NCn2ccc(C)n2)n1. The number of nitrogens with one attached hydrogen (secondary N) is 2. The van der Waals surface area contributed by atoms with E-state index in [0.717, 1.165) is 11.4 Å². The Balaban J connectivity index is 1.72. The molecule has 0 aliphatic rings. The van der Waals surface area contributed by atoms with Crippen LogP contribution in [0, 0.1) is 13.8 Å². The minimum absolute atomic E-state index is 0.253. The molecule has 0 radical (unpaired) electrons. The molecule has 0 aliphatic heterocycles. The lowest BCUT2D eigenvalue weighted by atomic mass is 10.5. The van der Waals surface area contributed by atoms with Crippen LogP contribution >= 0.6 is 0 Å². The Morgan fingerprint density at radius 3 is 1.83 bits per heavy atom. The van der Waals surface area contributed by atoms with E-state index in [1.807, 2.05) is 38.4 Å². The molecule has 7 nitrogen and oxygen atoms in total. The molecule has 0 saturated heterocycles. The Labute approximate surface area is 105 Å². The predicted molar refractivity (Wildman–Crippen MR) is 65.6 cm³/mol. The number of hydrogen-bond donors (Lipinski definition) is 2. The average Bonchev–Trinajstić information content (AvgIpc) is 2.93. The fourth-order valence-electron chi connectivity index (χ4n) is 1.47. The summed E-state index contributed by atoms with van der Waals surface area (Å²) in [6.07, 6.45) is 3.62. The smallest absolute Gasteiger partial charge is 0.317 e. The van der Waals surface area contributed by atoms with Crippen molar-refractivity contribution in [3.8, 4) is 0 Å². The summed E-state index contributed by atoms with van der Waals surface area (Å²) >= 11 is 0. The maximum absolute atomic E-state index is 11.5. The summed E-state index contributed by atoms with van der Waals surface area (Å²) in [4.78, 5) is 11.5. The third-order valence-corrected chi connectivity index (χ3v) is 2.35. The Bertz CT molecular complexity index is 483. The van der Waals surface area contributed by atoms with E-state index in [2.05, 4.69) is 20.8 Å². The van der Waals surface area contributed by atoms with Crippen molar-refractivity contribution in [2.45, 2.75) is 27.2 Å². The van der Waals surface area contributed by atoms with E-state index in [9.17, 15) is 4.79 Å². The molecule has 18 heavy (non-hydrogen) atoms. The van der Waals surface area contributed by atoms with Gasteiger partial charge in [0.05, 0.1) is 11.4 Å². The molecular weight excluding hydrogens is 232 g/mol. The van der Waals surface area contributed by atoms with Crippen LogP contribution in [0.4, 0.5) is 4.79 Å². The first-order valence-electron chi connectivity index (χ1n) is 5.65. The van der Waals surface area contributed by atoms with E-state index in [-0.39, 0.29) is 6.03 Å². The number of aromatic nitrogens is 4. The predicted octanol–water partition coefficient (Wildman–Crippen LogP) is 0.611. The third kappa shape index (κ3) is 3.34. The van der Waals surface area contributed by atoms with Gasteiger partial charge in [-0.15, -0.1) is 0 Å². The van der Waals surface area contributed by atoms with E-state index in [4.69, 9.17) is 0 Å². The van der Waals surface area contributed by atoms with Crippen molar-refractivity contribution in [1.29, 1.82) is 0 Å². The highest BCUT2D eigenvalue weighted by molar-refractivity contribution is 5.73. The van der Waals surface area contributed by atoms with Crippen LogP contribution in [0.3, 0.4) is 0 Å². The normalized spacial score (nSPS) is 10.3. The molecule has 2 aromatic rings. The summed E-state index contributed by atoms with van der Waals surface area (Å²) in [5.41, 5.74) is 1.84. The summed E-state index contributed by atoms with van der Waals surface area (Å²) in [5, 5.41) is 13.7. The van der Waals surface area contributed by atoms with Crippen LogP contribution in [0.2, 0.25) is 0 Å². The van der Waals surface area contributed by atoms with Gasteiger partial charge in [0.2, 0.25) is 0 Å². The molecule has 2 rings (SSSR count). The Morgan fingerprint density at radius 1 is 1.06 bits per heavy atom. The number of carbonyl (C=O) groups excluding carboxylic acids is 1. The van der Waals surface area contributed by atoms with Crippen molar-refractivity contribution in [2.24, 2.45) is 0 Å². The first kappa shape index (κ1) is 12.2. The zero-order chi connectivity index (χ0) is 13.0. The number of rotatable bonds is 4. The molecule has 2 N–H and O–H groups in total. The number of aryl methyl sites for hydroxylation is 2. The van der Waals surface area contributed by atoms with E-state index in [0.29, 0.717) is 13.3 Å². The average molecular weight is 248 g/mol. The number of carbonyl (C=O) groups is 1. The van der Waals surface area contributed by atoms with Crippen LogP contribution in [0.5, 0.6) is 0 Å². The highest BCUT2D eigenvalue weighted by Crippen LogP contribution is 1.91. The van der Waals surface area contributed by atoms with Gasteiger partial charge < -0.3 is 10.6 Å². The minimum Gasteiger partial charge on any atom is -0.319 e. The lowest BCUT2D eigenvalue weighted by Gasteiger charge is -2.07. The van der Waals surface area contributed by atoms with Crippen molar-refractivity contribution in [2.75, 3.05) is 0 Å². The second kappa shape index (κ2) is 5.35. The monoisotopic (exact) mass is 248 g/mol. The van der Waals surface area contributed by atoms with Crippen LogP contribution in [-0.2, 0) is 13.3 Å². The maximum Gasteiger partial charge on any atom is 0.317 e. The van der Waals surface area contributed by atoms with Crippen molar-refractivity contribution >= 4 is 6.03 Å². The molecule has 0 aliphatic carbocycles. The minimum atomic E-state index is -0.253. The molecule has 2 aromatic heterocycles. The number of nitrogens with zero attached hydrogens (tertiary/aromatic N) is 4. The Morgan fingerprint density at radius 2 is 1.50 bits per heavy atom. The van der Waals surface area contributed by atoms with Gasteiger partial charge in [0, 0.05) is 12.4 Å². The van der Waals surface area contributed by atoms with E-state index < -0.39 is 0 Å². The van der Waals surface area contributed by atoms with Gasteiger partial charge in [-0.2, -0.15) is 10.2 Å². The van der Waals surface area contributed by atoms with Gasteiger partial charge in [0.25, 0.3) is 0 Å². The second-order valence-corrected chi connectivity index (χ2v) is 3.99. The van der Waals surface area contributed by atoms with Gasteiger partial charge in [-0.3, -0.25) is 9.36 Å². The summed E-state index contributed by atoms with van der Waals surface area (Å²) in [5.74, 6) is 0. The van der Waals surface area contributed by atoms with Crippen LogP contribution in [0.15, 0.2) is 24.5 Å². The third-order valence-electron chi connectivity index (χ3n) is 2.35. The summed E-state index contributed by atoms with van der Waals surface area (Å²) in [6.45, 7) is 4.49. The van der Waals surface area contributed by atoms with Gasteiger partial charge in [-0.25, -0.2) is 4.79 Å². The van der Waals surface area contributed by atoms with E-state index in [1.165, 1.54) is 0 Å². The summed E-state index contributed by atoms with van der Waals surface area (Å²) in [6, 6.07) is 3.51. The lowest BCUT2D eigenvalue weighted by molar-refractivity contribution is 0.234. The first-order valence-corrected chi connectivity index (χ1v) is 5.65. The van der Waals surface area contributed by atoms with Gasteiger partial charge in [0.1, 0.15) is 13.3 Å². The van der Waals surface area contributed by atoms with Crippen molar-refractivity contribution in [3.05, 3.63) is 35.9 Å². The molecule has 0 aromatic carbocycles. The summed E-state index contributed by atoms with van der Waals surface area (Å²) in [7, 11) is 0. The van der Waals surface area contributed by atoms with Crippen LogP contribution in [-0.4, -0.2) is 25.6 Å². The molecule has 96 valence electrons. The van der Waals surface area contributed by atoms with Gasteiger partial charge in [-0.05, 0) is 26.0 Å². The topological polar surface area (TPSA) is 76.8 Å². The molecule has 2 heterocycles. The Kier molecular flexibility index (Phi) is 3.61. The standard InChI is InChI=1S/C11H16N6O/c1-9-3-5-16(14-9)7-12-11(18)13-8-17-6-4-10(2)15-17/h3-6H,7-8H2,1-2H3,(H2,12,13,18). The molecule has 0 bridgehead atoms. The molecule has 0 fully saturated rings. The Hall–Kier alpha value is -2.31. The molecule has 0 spiro atoms. The quantitative estimate of drug-likeness (QED) is 0.832. The number of hydrogen-bond acceptors (Lipinski definition) is 3. The van der Waals surface area contributed by atoms with E-state index >= 15 is 0 Å². The molecule has 7 heteroatoms. The second-order valence-electron chi connectivity index (χ2n) is 3.99. The number of urea groups is 1. The lowest BCUT2D eigenvalue weighted by Crippen LogP contribution is -2.37. The molecule has 0 unspecified atom stereocenters. The van der Waals surface area contributed by atoms with Crippen molar-refractivity contribution < 1.29 is 4.79 Å². The first-order chi connectivity index (χ1) is 8.63. The highest BCUT2D eigenvalue weighted by atomic mass is 16.2. The molecular formula is C11H16N6O. The largest absolute Gasteiger partial charge is 0.319 e. The highest BCUT2D eigenvalue weighted by Gasteiger charge is 2.01. The van der Waals surface area contributed by atoms with Crippen molar-refractivity contribution in [3.63, 3.8) is 0 Å². The van der Waals surface area contributed by atoms with Gasteiger partial charge in [0.15, 0.2) is 0 Å².